The maximum Gasteiger partial charge on any atom is 0.256 e. The molecule has 138 valence electrons. The normalized spacial score (nSPS) is 17.1. The predicted molar refractivity (Wildman–Crippen MR) is 111 cm³/mol. The molecule has 4 rings (SSSR count). The van der Waals surface area contributed by atoms with E-state index in [0.29, 0.717) is 11.7 Å². The third-order valence-electron chi connectivity index (χ3n) is 5.24. The smallest absolute Gasteiger partial charge is 0.256 e. The summed E-state index contributed by atoms with van der Waals surface area (Å²) in [5, 5.41) is 5.05. The number of nitrogens with one attached hydrogen (secondary N) is 1. The van der Waals surface area contributed by atoms with Crippen molar-refractivity contribution in [3.63, 3.8) is 0 Å². The first-order chi connectivity index (χ1) is 13.2. The number of piperidine rings is 1. The highest BCUT2D eigenvalue weighted by Gasteiger charge is 2.19. The molecule has 3 aromatic carbocycles. The van der Waals surface area contributed by atoms with Gasteiger partial charge in [-0.2, -0.15) is 0 Å². The van der Waals surface area contributed by atoms with E-state index in [9.17, 15) is 4.79 Å². The molecule has 1 aliphatic rings. The van der Waals surface area contributed by atoms with Gasteiger partial charge in [0.05, 0.1) is 6.10 Å². The van der Waals surface area contributed by atoms with Gasteiger partial charge < -0.3 is 15.0 Å². The van der Waals surface area contributed by atoms with Crippen LogP contribution in [0.1, 0.15) is 23.2 Å². The minimum Gasteiger partial charge on any atom is -0.380 e. The van der Waals surface area contributed by atoms with Crippen molar-refractivity contribution in [2.24, 2.45) is 0 Å². The summed E-state index contributed by atoms with van der Waals surface area (Å²) >= 11 is 0. The van der Waals surface area contributed by atoms with Crippen LogP contribution in [0.3, 0.4) is 0 Å². The number of carbonyl (C=O) groups is 1. The molecule has 1 aliphatic heterocycles. The molecule has 0 bridgehead atoms. The Hall–Kier alpha value is -2.85. The van der Waals surface area contributed by atoms with E-state index in [0.717, 1.165) is 42.4 Å². The zero-order valence-electron chi connectivity index (χ0n) is 15.5. The third kappa shape index (κ3) is 3.81. The molecule has 4 heteroatoms. The van der Waals surface area contributed by atoms with Crippen LogP contribution < -0.4 is 10.2 Å². The molecule has 0 aromatic heterocycles. The Bertz CT molecular complexity index is 931. The lowest BCUT2D eigenvalue weighted by Gasteiger charge is -2.33. The highest BCUT2D eigenvalue weighted by molar-refractivity contribution is 6.12. The minimum absolute atomic E-state index is 0.0861. The van der Waals surface area contributed by atoms with Gasteiger partial charge in [0.25, 0.3) is 5.91 Å². The Balaban J connectivity index is 1.49. The van der Waals surface area contributed by atoms with E-state index in [-0.39, 0.29) is 5.91 Å². The van der Waals surface area contributed by atoms with E-state index in [2.05, 4.69) is 22.3 Å². The molecule has 4 nitrogen and oxygen atoms in total. The Morgan fingerprint density at radius 2 is 1.81 bits per heavy atom. The van der Waals surface area contributed by atoms with Gasteiger partial charge >= 0.3 is 0 Å². The van der Waals surface area contributed by atoms with Crippen molar-refractivity contribution in [2.45, 2.75) is 18.9 Å². The second kappa shape index (κ2) is 7.80. The van der Waals surface area contributed by atoms with E-state index in [1.807, 2.05) is 54.6 Å². The van der Waals surface area contributed by atoms with E-state index in [1.165, 1.54) is 5.69 Å². The maximum absolute atomic E-state index is 12.8. The van der Waals surface area contributed by atoms with Crippen molar-refractivity contribution in [2.75, 3.05) is 30.4 Å². The number of hydrogen-bond acceptors (Lipinski definition) is 3. The van der Waals surface area contributed by atoms with Crippen LogP contribution in [-0.2, 0) is 4.74 Å². The highest BCUT2D eigenvalue weighted by Crippen LogP contribution is 2.24. The number of anilines is 2. The fraction of sp³-hybridized carbons (Fsp3) is 0.261. The van der Waals surface area contributed by atoms with Gasteiger partial charge in [-0.25, -0.2) is 0 Å². The van der Waals surface area contributed by atoms with Gasteiger partial charge in [-0.15, -0.1) is 0 Å². The van der Waals surface area contributed by atoms with E-state index in [1.54, 1.807) is 7.11 Å². The Morgan fingerprint density at radius 1 is 1.04 bits per heavy atom. The molecule has 1 amide bonds. The van der Waals surface area contributed by atoms with Gasteiger partial charge in [0.1, 0.15) is 0 Å². The van der Waals surface area contributed by atoms with Crippen molar-refractivity contribution < 1.29 is 9.53 Å². The van der Waals surface area contributed by atoms with Gasteiger partial charge in [-0.05, 0) is 53.9 Å². The second-order valence-corrected chi connectivity index (χ2v) is 6.97. The van der Waals surface area contributed by atoms with E-state index < -0.39 is 0 Å². The van der Waals surface area contributed by atoms with Crippen LogP contribution in [0.2, 0.25) is 0 Å². The van der Waals surface area contributed by atoms with Crippen molar-refractivity contribution in [1.29, 1.82) is 0 Å². The number of hydrogen-bond donors (Lipinski definition) is 1. The fourth-order valence-electron chi connectivity index (χ4n) is 3.74. The lowest BCUT2D eigenvalue weighted by Crippen LogP contribution is -2.39. The largest absolute Gasteiger partial charge is 0.380 e. The van der Waals surface area contributed by atoms with Crippen molar-refractivity contribution in [3.05, 3.63) is 72.3 Å². The highest BCUT2D eigenvalue weighted by atomic mass is 16.5. The first-order valence-corrected chi connectivity index (χ1v) is 9.41. The molecule has 0 unspecified atom stereocenters. The Kier molecular flexibility index (Phi) is 5.07. The number of methoxy groups -OCH3 is 1. The molecule has 27 heavy (non-hydrogen) atoms. The zero-order valence-corrected chi connectivity index (χ0v) is 15.5. The fourth-order valence-corrected chi connectivity index (χ4v) is 3.74. The number of fused-ring (bicyclic) bond motifs is 1. The number of benzene rings is 3. The van der Waals surface area contributed by atoms with Crippen LogP contribution in [0.5, 0.6) is 0 Å². The van der Waals surface area contributed by atoms with Crippen LogP contribution in [0, 0.1) is 0 Å². The lowest BCUT2D eigenvalue weighted by atomic mass is 10.0. The molecule has 0 spiro atoms. The standard InChI is InChI=1S/C23H24N2O2/c1-27-20-8-5-15-25(16-20)19-13-11-18(12-14-19)24-23(26)22-10-4-7-17-6-2-3-9-21(17)22/h2-4,6-7,9-14,20H,5,8,15-16H2,1H3,(H,24,26)/t20-/m0/s1. The monoisotopic (exact) mass is 360 g/mol. The Morgan fingerprint density at radius 3 is 2.63 bits per heavy atom. The third-order valence-corrected chi connectivity index (χ3v) is 5.24. The molecule has 0 saturated carbocycles. The molecule has 1 saturated heterocycles. The summed E-state index contributed by atoms with van der Waals surface area (Å²) in [5.41, 5.74) is 2.66. The minimum atomic E-state index is -0.0861. The average molecular weight is 360 g/mol. The van der Waals surface area contributed by atoms with Crippen LogP contribution in [0.25, 0.3) is 10.8 Å². The summed E-state index contributed by atoms with van der Waals surface area (Å²) in [7, 11) is 1.78. The molecule has 1 fully saturated rings. The molecule has 1 heterocycles. The quantitative estimate of drug-likeness (QED) is 0.733. The average Bonchev–Trinajstić information content (AvgIpc) is 2.74. The van der Waals surface area contributed by atoms with Crippen molar-refractivity contribution in [3.8, 4) is 0 Å². The summed E-state index contributed by atoms with van der Waals surface area (Å²) < 4.78 is 5.50. The predicted octanol–water partition coefficient (Wildman–Crippen LogP) is 4.71. The number of carbonyl (C=O) groups excluding carboxylic acids is 1. The molecule has 0 radical (unpaired) electrons. The maximum atomic E-state index is 12.8. The van der Waals surface area contributed by atoms with Crippen molar-refractivity contribution in [1.82, 2.24) is 0 Å². The Labute approximate surface area is 159 Å². The first-order valence-electron chi connectivity index (χ1n) is 9.41. The zero-order chi connectivity index (χ0) is 18.6. The van der Waals surface area contributed by atoms with Gasteiger partial charge in [-0.1, -0.05) is 36.4 Å². The number of amides is 1. The van der Waals surface area contributed by atoms with Gasteiger partial charge in [0.2, 0.25) is 0 Å². The van der Waals surface area contributed by atoms with Crippen LogP contribution in [-0.4, -0.2) is 32.2 Å². The summed E-state index contributed by atoms with van der Waals surface area (Å²) in [6.07, 6.45) is 2.55. The topological polar surface area (TPSA) is 41.6 Å². The SMILES string of the molecule is CO[C@H]1CCCN(c2ccc(NC(=O)c3cccc4ccccc34)cc2)C1. The van der Waals surface area contributed by atoms with Gasteiger partial charge in [0.15, 0.2) is 0 Å². The molecule has 1 atom stereocenters. The first kappa shape index (κ1) is 17.6. The molecule has 0 aliphatic carbocycles. The summed E-state index contributed by atoms with van der Waals surface area (Å²) in [5.74, 6) is -0.0861. The summed E-state index contributed by atoms with van der Waals surface area (Å²) in [4.78, 5) is 15.1. The van der Waals surface area contributed by atoms with Crippen LogP contribution in [0.4, 0.5) is 11.4 Å². The van der Waals surface area contributed by atoms with Crippen LogP contribution in [0.15, 0.2) is 66.7 Å². The van der Waals surface area contributed by atoms with E-state index in [4.69, 9.17) is 4.74 Å². The number of nitrogens with zero attached hydrogens (tertiary/aromatic N) is 1. The second-order valence-electron chi connectivity index (χ2n) is 6.97. The molecular formula is C23H24N2O2. The van der Waals surface area contributed by atoms with Gasteiger partial charge in [-0.3, -0.25) is 4.79 Å². The summed E-state index contributed by atoms with van der Waals surface area (Å²) in [6.45, 7) is 1.96. The number of rotatable bonds is 4. The molecule has 3 aromatic rings. The van der Waals surface area contributed by atoms with Crippen molar-refractivity contribution >= 4 is 28.1 Å². The van der Waals surface area contributed by atoms with E-state index >= 15 is 0 Å². The molecule has 1 N–H and O–H groups in total. The molecular weight excluding hydrogens is 336 g/mol. The van der Waals surface area contributed by atoms with Gasteiger partial charge in [0, 0.05) is 37.1 Å². The number of ether oxygens (including phenoxy) is 1. The van der Waals surface area contributed by atoms with Crippen LogP contribution >= 0.6 is 0 Å². The summed E-state index contributed by atoms with van der Waals surface area (Å²) in [6, 6.07) is 21.8. The lowest BCUT2D eigenvalue weighted by molar-refractivity contribution is 0.0893.